The molecule has 7 heteroatoms. The zero-order valence-corrected chi connectivity index (χ0v) is 11.5. The highest BCUT2D eigenvalue weighted by atomic mass is 35.5. The van der Waals surface area contributed by atoms with Gasteiger partial charge in [-0.25, -0.2) is 9.97 Å². The van der Waals surface area contributed by atoms with Crippen LogP contribution in [0.3, 0.4) is 0 Å². The van der Waals surface area contributed by atoms with E-state index >= 15 is 0 Å². The van der Waals surface area contributed by atoms with Gasteiger partial charge in [-0.2, -0.15) is 0 Å². The van der Waals surface area contributed by atoms with Crippen LogP contribution in [0.2, 0.25) is 0 Å². The van der Waals surface area contributed by atoms with Gasteiger partial charge < -0.3 is 9.13 Å². The molecule has 0 bridgehead atoms. The number of imidazole rings is 1. The SMILES string of the molecule is Cc1cnc2c(c1)nc(CCl)n2Cc1nncn1C. The van der Waals surface area contributed by atoms with Gasteiger partial charge in [0.25, 0.3) is 0 Å². The lowest BCUT2D eigenvalue weighted by Crippen LogP contribution is -2.09. The lowest BCUT2D eigenvalue weighted by Gasteiger charge is -2.06. The first kappa shape index (κ1) is 12.1. The molecule has 3 aromatic rings. The Morgan fingerprint density at radius 1 is 1.32 bits per heavy atom. The van der Waals surface area contributed by atoms with Crippen LogP contribution in [0.25, 0.3) is 11.2 Å². The summed E-state index contributed by atoms with van der Waals surface area (Å²) in [6.45, 7) is 2.56. The average Bonchev–Trinajstić information content (AvgIpc) is 2.94. The largest absolute Gasteiger partial charge is 0.319 e. The smallest absolute Gasteiger partial charge is 0.160 e. The molecule has 0 saturated heterocycles. The number of alkyl halides is 1. The number of pyridine rings is 1. The summed E-state index contributed by atoms with van der Waals surface area (Å²) in [6.07, 6.45) is 3.50. The topological polar surface area (TPSA) is 61.4 Å². The molecular weight excluding hydrogens is 264 g/mol. The second kappa shape index (κ2) is 4.62. The summed E-state index contributed by atoms with van der Waals surface area (Å²) in [7, 11) is 1.91. The predicted molar refractivity (Wildman–Crippen MR) is 71.9 cm³/mol. The van der Waals surface area contributed by atoms with Gasteiger partial charge in [0.2, 0.25) is 0 Å². The van der Waals surface area contributed by atoms with Gasteiger partial charge in [0.1, 0.15) is 17.7 Å². The Morgan fingerprint density at radius 3 is 2.84 bits per heavy atom. The van der Waals surface area contributed by atoms with E-state index < -0.39 is 0 Å². The van der Waals surface area contributed by atoms with Crippen LogP contribution < -0.4 is 0 Å². The van der Waals surface area contributed by atoms with Gasteiger partial charge >= 0.3 is 0 Å². The van der Waals surface area contributed by atoms with E-state index in [-0.39, 0.29) is 0 Å². The molecule has 0 saturated carbocycles. The number of hydrogen-bond donors (Lipinski definition) is 0. The van der Waals surface area contributed by atoms with Crippen molar-refractivity contribution in [2.24, 2.45) is 7.05 Å². The zero-order valence-electron chi connectivity index (χ0n) is 10.7. The zero-order chi connectivity index (χ0) is 13.4. The second-order valence-electron chi connectivity index (χ2n) is 4.46. The number of fused-ring (bicyclic) bond motifs is 1. The average molecular weight is 277 g/mol. The van der Waals surface area contributed by atoms with Gasteiger partial charge in [-0.3, -0.25) is 0 Å². The Hall–Kier alpha value is -1.95. The molecule has 3 aromatic heterocycles. The molecule has 0 aliphatic carbocycles. The summed E-state index contributed by atoms with van der Waals surface area (Å²) in [5.41, 5.74) is 2.76. The molecule has 0 atom stereocenters. The maximum Gasteiger partial charge on any atom is 0.160 e. The van der Waals surface area contributed by atoms with E-state index in [4.69, 9.17) is 11.6 Å². The van der Waals surface area contributed by atoms with Crippen LogP contribution in [0.1, 0.15) is 17.2 Å². The molecule has 0 aliphatic heterocycles. The van der Waals surface area contributed by atoms with E-state index in [9.17, 15) is 0 Å². The summed E-state index contributed by atoms with van der Waals surface area (Å²) in [4.78, 5) is 8.96. The van der Waals surface area contributed by atoms with Crippen LogP contribution >= 0.6 is 11.6 Å². The Bertz CT molecular complexity index is 729. The van der Waals surface area contributed by atoms with Crippen molar-refractivity contribution in [3.8, 4) is 0 Å². The van der Waals surface area contributed by atoms with Crippen molar-refractivity contribution in [1.82, 2.24) is 29.3 Å². The fraction of sp³-hybridized carbons (Fsp3) is 0.333. The number of aryl methyl sites for hydroxylation is 2. The molecule has 0 radical (unpaired) electrons. The molecule has 0 amide bonds. The van der Waals surface area contributed by atoms with E-state index in [2.05, 4.69) is 20.2 Å². The number of aromatic nitrogens is 6. The van der Waals surface area contributed by atoms with Gasteiger partial charge in [0.15, 0.2) is 11.5 Å². The quantitative estimate of drug-likeness (QED) is 0.683. The molecule has 3 rings (SSSR count). The Balaban J connectivity index is 2.13. The molecule has 6 nitrogen and oxygen atoms in total. The van der Waals surface area contributed by atoms with Gasteiger partial charge in [0, 0.05) is 13.2 Å². The number of halogens is 1. The first-order valence-corrected chi connectivity index (χ1v) is 6.43. The van der Waals surface area contributed by atoms with Crippen molar-refractivity contribution in [2.45, 2.75) is 19.3 Å². The van der Waals surface area contributed by atoms with Gasteiger partial charge in [-0.15, -0.1) is 21.8 Å². The molecule has 0 N–H and O–H groups in total. The minimum absolute atomic E-state index is 0.341. The molecular formula is C12H13ClN6. The summed E-state index contributed by atoms with van der Waals surface area (Å²) >= 11 is 5.97. The van der Waals surface area contributed by atoms with Crippen LogP contribution in [0.5, 0.6) is 0 Å². The van der Waals surface area contributed by atoms with Gasteiger partial charge in [0.05, 0.1) is 12.4 Å². The highest BCUT2D eigenvalue weighted by Crippen LogP contribution is 2.17. The third-order valence-corrected chi connectivity index (χ3v) is 3.26. The van der Waals surface area contributed by atoms with Crippen molar-refractivity contribution in [3.05, 3.63) is 35.8 Å². The summed E-state index contributed by atoms with van der Waals surface area (Å²) in [5.74, 6) is 1.97. The number of rotatable bonds is 3. The van der Waals surface area contributed by atoms with E-state index in [0.29, 0.717) is 12.4 Å². The minimum Gasteiger partial charge on any atom is -0.319 e. The summed E-state index contributed by atoms with van der Waals surface area (Å²) < 4.78 is 3.85. The Morgan fingerprint density at radius 2 is 2.16 bits per heavy atom. The van der Waals surface area contributed by atoms with Crippen molar-refractivity contribution >= 4 is 22.8 Å². The maximum absolute atomic E-state index is 5.97. The van der Waals surface area contributed by atoms with E-state index in [0.717, 1.165) is 28.4 Å². The molecule has 0 unspecified atom stereocenters. The van der Waals surface area contributed by atoms with Crippen LogP contribution in [0.4, 0.5) is 0 Å². The monoisotopic (exact) mass is 276 g/mol. The van der Waals surface area contributed by atoms with Crippen LogP contribution in [-0.2, 0) is 19.5 Å². The highest BCUT2D eigenvalue weighted by molar-refractivity contribution is 6.16. The van der Waals surface area contributed by atoms with Crippen molar-refractivity contribution < 1.29 is 0 Å². The van der Waals surface area contributed by atoms with Gasteiger partial charge in [-0.1, -0.05) is 0 Å². The highest BCUT2D eigenvalue weighted by Gasteiger charge is 2.13. The third-order valence-electron chi connectivity index (χ3n) is 3.02. The molecule has 0 fully saturated rings. The van der Waals surface area contributed by atoms with Crippen LogP contribution in [0, 0.1) is 6.92 Å². The molecule has 98 valence electrons. The first-order valence-electron chi connectivity index (χ1n) is 5.89. The fourth-order valence-electron chi connectivity index (χ4n) is 2.02. The first-order chi connectivity index (χ1) is 9.19. The van der Waals surface area contributed by atoms with E-state index in [1.807, 2.05) is 35.4 Å². The molecule has 3 heterocycles. The van der Waals surface area contributed by atoms with Crippen LogP contribution in [-0.4, -0.2) is 29.3 Å². The molecule has 0 aliphatic rings. The van der Waals surface area contributed by atoms with E-state index in [1.54, 1.807) is 6.33 Å². The van der Waals surface area contributed by atoms with Crippen molar-refractivity contribution in [2.75, 3.05) is 0 Å². The Labute approximate surface area is 115 Å². The minimum atomic E-state index is 0.341. The van der Waals surface area contributed by atoms with E-state index in [1.165, 1.54) is 0 Å². The lowest BCUT2D eigenvalue weighted by atomic mass is 10.3. The van der Waals surface area contributed by atoms with Crippen molar-refractivity contribution in [1.29, 1.82) is 0 Å². The molecule has 0 spiro atoms. The normalized spacial score (nSPS) is 11.3. The van der Waals surface area contributed by atoms with Crippen molar-refractivity contribution in [3.63, 3.8) is 0 Å². The third kappa shape index (κ3) is 2.08. The second-order valence-corrected chi connectivity index (χ2v) is 4.73. The maximum atomic E-state index is 5.97. The Kier molecular flexibility index (Phi) is 2.94. The molecule has 0 aromatic carbocycles. The van der Waals surface area contributed by atoms with Crippen LogP contribution in [0.15, 0.2) is 18.6 Å². The van der Waals surface area contributed by atoms with Gasteiger partial charge in [-0.05, 0) is 18.6 Å². The fourth-order valence-corrected chi connectivity index (χ4v) is 2.22. The number of nitrogens with zero attached hydrogens (tertiary/aromatic N) is 6. The summed E-state index contributed by atoms with van der Waals surface area (Å²) in [5, 5.41) is 7.96. The predicted octanol–water partition coefficient (Wildman–Crippen LogP) is 1.66. The lowest BCUT2D eigenvalue weighted by molar-refractivity contribution is 0.686. The summed E-state index contributed by atoms with van der Waals surface area (Å²) in [6, 6.07) is 2.01. The molecule has 19 heavy (non-hydrogen) atoms. The number of hydrogen-bond acceptors (Lipinski definition) is 4. The standard InChI is InChI=1S/C12H13ClN6/c1-8-3-9-12(14-5-8)19(10(4-13)16-9)6-11-17-15-7-18(11)2/h3,5,7H,4,6H2,1-2H3.